The van der Waals surface area contributed by atoms with Gasteiger partial charge in [0, 0.05) is 16.1 Å². The first-order chi connectivity index (χ1) is 7.68. The third-order valence-corrected chi connectivity index (χ3v) is 2.81. The molecule has 2 heteroatoms. The van der Waals surface area contributed by atoms with Crippen molar-refractivity contribution in [3.8, 4) is 11.1 Å². The van der Waals surface area contributed by atoms with E-state index in [9.17, 15) is 4.79 Å². The molecule has 0 atom stereocenters. The van der Waals surface area contributed by atoms with Crippen molar-refractivity contribution < 1.29 is 4.79 Å². The van der Waals surface area contributed by atoms with Crippen LogP contribution in [0.15, 0.2) is 48.5 Å². The minimum absolute atomic E-state index is 0.0747. The first-order valence-electron chi connectivity index (χ1n) is 5.04. The van der Waals surface area contributed by atoms with Crippen LogP contribution in [0.25, 0.3) is 11.1 Å². The molecule has 0 unspecified atom stereocenters. The van der Waals surface area contributed by atoms with Gasteiger partial charge in [0.05, 0.1) is 0 Å². The number of hydrogen-bond acceptors (Lipinski definition) is 1. The average molecular weight is 231 g/mol. The number of benzene rings is 2. The number of carbonyl (C=O) groups excluding carboxylic acids is 1. The molecule has 0 saturated carbocycles. The zero-order valence-electron chi connectivity index (χ0n) is 8.91. The van der Waals surface area contributed by atoms with E-state index in [1.54, 1.807) is 6.92 Å². The molecule has 2 rings (SSSR count). The standard InChI is InChI=1S/C14H11ClO/c1-10(16)11-6-8-12(9-7-11)13-4-2-3-5-14(13)15/h2-9H,1H3. The van der Waals surface area contributed by atoms with E-state index in [1.807, 2.05) is 48.5 Å². The maximum Gasteiger partial charge on any atom is 0.159 e. The molecule has 0 saturated heterocycles. The van der Waals surface area contributed by atoms with Crippen molar-refractivity contribution >= 4 is 17.4 Å². The summed E-state index contributed by atoms with van der Waals surface area (Å²) in [6.45, 7) is 1.56. The third kappa shape index (κ3) is 2.15. The van der Waals surface area contributed by atoms with Crippen molar-refractivity contribution in [3.63, 3.8) is 0 Å². The Hall–Kier alpha value is -1.60. The van der Waals surface area contributed by atoms with Crippen LogP contribution in [-0.4, -0.2) is 5.78 Å². The van der Waals surface area contributed by atoms with Gasteiger partial charge in [-0.05, 0) is 18.6 Å². The third-order valence-electron chi connectivity index (χ3n) is 2.48. The molecule has 0 spiro atoms. The zero-order chi connectivity index (χ0) is 11.5. The van der Waals surface area contributed by atoms with Crippen LogP contribution in [0.4, 0.5) is 0 Å². The second-order valence-electron chi connectivity index (χ2n) is 3.61. The summed E-state index contributed by atoms with van der Waals surface area (Å²) in [4.78, 5) is 11.1. The summed E-state index contributed by atoms with van der Waals surface area (Å²) in [5.41, 5.74) is 2.73. The Labute approximate surface area is 99.7 Å². The second kappa shape index (κ2) is 4.50. The minimum atomic E-state index is 0.0747. The van der Waals surface area contributed by atoms with E-state index in [0.717, 1.165) is 21.7 Å². The van der Waals surface area contributed by atoms with E-state index in [-0.39, 0.29) is 5.78 Å². The molecule has 1 nitrogen and oxygen atoms in total. The fourth-order valence-electron chi connectivity index (χ4n) is 1.58. The Morgan fingerprint density at radius 2 is 1.62 bits per heavy atom. The fraction of sp³-hybridized carbons (Fsp3) is 0.0714. The van der Waals surface area contributed by atoms with Crippen molar-refractivity contribution in [1.29, 1.82) is 0 Å². The van der Waals surface area contributed by atoms with Gasteiger partial charge in [0.2, 0.25) is 0 Å². The Kier molecular flexibility index (Phi) is 3.07. The largest absolute Gasteiger partial charge is 0.295 e. The Morgan fingerprint density at radius 3 is 2.19 bits per heavy atom. The predicted octanol–water partition coefficient (Wildman–Crippen LogP) is 4.21. The molecule has 2 aromatic carbocycles. The molecule has 0 N–H and O–H groups in total. The van der Waals surface area contributed by atoms with Crippen LogP contribution in [0, 0.1) is 0 Å². The summed E-state index contributed by atoms with van der Waals surface area (Å²) >= 11 is 6.09. The van der Waals surface area contributed by atoms with Crippen molar-refractivity contribution in [2.24, 2.45) is 0 Å². The molecule has 2 aromatic rings. The van der Waals surface area contributed by atoms with E-state index in [2.05, 4.69) is 0 Å². The Balaban J connectivity index is 2.43. The molecule has 0 fully saturated rings. The van der Waals surface area contributed by atoms with E-state index in [0.29, 0.717) is 0 Å². The van der Waals surface area contributed by atoms with Crippen LogP contribution in [0.2, 0.25) is 5.02 Å². The average Bonchev–Trinajstić information content (AvgIpc) is 2.30. The molecule has 0 bridgehead atoms. The van der Waals surface area contributed by atoms with Crippen LogP contribution in [0.3, 0.4) is 0 Å². The molecule has 0 radical (unpaired) electrons. The summed E-state index contributed by atoms with van der Waals surface area (Å²) in [5, 5.41) is 0.720. The van der Waals surface area contributed by atoms with Gasteiger partial charge in [-0.1, -0.05) is 54.1 Å². The van der Waals surface area contributed by atoms with Gasteiger partial charge in [-0.25, -0.2) is 0 Å². The van der Waals surface area contributed by atoms with Gasteiger partial charge >= 0.3 is 0 Å². The van der Waals surface area contributed by atoms with Gasteiger partial charge in [-0.2, -0.15) is 0 Å². The lowest BCUT2D eigenvalue weighted by atomic mass is 10.0. The topological polar surface area (TPSA) is 17.1 Å². The predicted molar refractivity (Wildman–Crippen MR) is 66.9 cm³/mol. The number of ketones is 1. The monoisotopic (exact) mass is 230 g/mol. The van der Waals surface area contributed by atoms with Crippen molar-refractivity contribution in [1.82, 2.24) is 0 Å². The van der Waals surface area contributed by atoms with Crippen molar-refractivity contribution in [2.75, 3.05) is 0 Å². The lowest BCUT2D eigenvalue weighted by Crippen LogP contribution is -1.90. The molecule has 0 amide bonds. The summed E-state index contributed by atoms with van der Waals surface area (Å²) in [6.07, 6.45) is 0. The molecule has 80 valence electrons. The van der Waals surface area contributed by atoms with E-state index >= 15 is 0 Å². The highest BCUT2D eigenvalue weighted by atomic mass is 35.5. The lowest BCUT2D eigenvalue weighted by molar-refractivity contribution is 0.101. The van der Waals surface area contributed by atoms with E-state index in [4.69, 9.17) is 11.6 Å². The summed E-state index contributed by atoms with van der Waals surface area (Å²) in [5.74, 6) is 0.0747. The highest BCUT2D eigenvalue weighted by Crippen LogP contribution is 2.27. The molecule has 0 aliphatic carbocycles. The first-order valence-corrected chi connectivity index (χ1v) is 5.42. The van der Waals surface area contributed by atoms with Gasteiger partial charge < -0.3 is 0 Å². The lowest BCUT2D eigenvalue weighted by Gasteiger charge is -2.04. The maximum absolute atomic E-state index is 11.1. The quantitative estimate of drug-likeness (QED) is 0.707. The highest BCUT2D eigenvalue weighted by molar-refractivity contribution is 6.33. The number of Topliss-reactive ketones (excluding diaryl/α,β-unsaturated/α-hetero) is 1. The van der Waals surface area contributed by atoms with Crippen LogP contribution in [0.5, 0.6) is 0 Å². The molecular formula is C14H11ClO. The SMILES string of the molecule is CC(=O)c1ccc(-c2ccccc2Cl)cc1. The van der Waals surface area contributed by atoms with Crippen LogP contribution in [0.1, 0.15) is 17.3 Å². The molecule has 16 heavy (non-hydrogen) atoms. The van der Waals surface area contributed by atoms with E-state index in [1.165, 1.54) is 0 Å². The zero-order valence-corrected chi connectivity index (χ0v) is 9.66. The molecule has 0 aromatic heterocycles. The summed E-state index contributed by atoms with van der Waals surface area (Å²) in [7, 11) is 0. The van der Waals surface area contributed by atoms with Crippen molar-refractivity contribution in [3.05, 3.63) is 59.1 Å². The molecule has 0 aliphatic heterocycles. The minimum Gasteiger partial charge on any atom is -0.295 e. The van der Waals surface area contributed by atoms with Gasteiger partial charge in [0.25, 0.3) is 0 Å². The molecule has 0 aliphatic rings. The fourth-order valence-corrected chi connectivity index (χ4v) is 1.82. The number of rotatable bonds is 2. The van der Waals surface area contributed by atoms with Crippen LogP contribution in [-0.2, 0) is 0 Å². The van der Waals surface area contributed by atoms with Crippen molar-refractivity contribution in [2.45, 2.75) is 6.92 Å². The Bertz CT molecular complexity index is 515. The maximum atomic E-state index is 11.1. The van der Waals surface area contributed by atoms with E-state index < -0.39 is 0 Å². The number of hydrogen-bond donors (Lipinski definition) is 0. The second-order valence-corrected chi connectivity index (χ2v) is 4.02. The number of halogens is 1. The summed E-state index contributed by atoms with van der Waals surface area (Å²) in [6, 6.07) is 15.1. The highest BCUT2D eigenvalue weighted by Gasteiger charge is 2.03. The summed E-state index contributed by atoms with van der Waals surface area (Å²) < 4.78 is 0. The first kappa shape index (κ1) is 10.9. The van der Waals surface area contributed by atoms with Crippen LogP contribution < -0.4 is 0 Å². The smallest absolute Gasteiger partial charge is 0.159 e. The van der Waals surface area contributed by atoms with Gasteiger partial charge in [-0.15, -0.1) is 0 Å². The van der Waals surface area contributed by atoms with Crippen LogP contribution >= 0.6 is 11.6 Å². The van der Waals surface area contributed by atoms with Gasteiger partial charge in [-0.3, -0.25) is 4.79 Å². The number of carbonyl (C=O) groups is 1. The normalized spacial score (nSPS) is 10.1. The van der Waals surface area contributed by atoms with Gasteiger partial charge in [0.15, 0.2) is 5.78 Å². The van der Waals surface area contributed by atoms with Gasteiger partial charge in [0.1, 0.15) is 0 Å². The Morgan fingerprint density at radius 1 is 1.00 bits per heavy atom. The molecular weight excluding hydrogens is 220 g/mol. The molecule has 0 heterocycles.